The molecule has 0 aliphatic carbocycles. The molecule has 0 aliphatic heterocycles. The van der Waals surface area contributed by atoms with Crippen LogP contribution in [0.15, 0.2) is 18.2 Å². The van der Waals surface area contributed by atoms with E-state index < -0.39 is 0 Å². The van der Waals surface area contributed by atoms with Gasteiger partial charge in [0.05, 0.1) is 0 Å². The second-order valence-electron chi connectivity index (χ2n) is 4.66. The highest BCUT2D eigenvalue weighted by atomic mass is 14.8. The van der Waals surface area contributed by atoms with Gasteiger partial charge in [0, 0.05) is 12.1 Å². The quantitative estimate of drug-likeness (QED) is 0.798. The van der Waals surface area contributed by atoms with Crippen molar-refractivity contribution in [3.63, 3.8) is 0 Å². The van der Waals surface area contributed by atoms with Crippen LogP contribution in [0.2, 0.25) is 0 Å². The van der Waals surface area contributed by atoms with Crippen LogP contribution >= 0.6 is 0 Å². The fourth-order valence-electron chi connectivity index (χ4n) is 1.66. The maximum absolute atomic E-state index is 6.08. The van der Waals surface area contributed by atoms with Crippen molar-refractivity contribution in [3.05, 3.63) is 34.9 Å². The minimum Gasteiger partial charge on any atom is -0.326 e. The minimum absolute atomic E-state index is 0.00823. The Morgan fingerprint density at radius 1 is 1.07 bits per heavy atom. The van der Waals surface area contributed by atoms with E-state index >= 15 is 0 Å². The Labute approximate surface area is 92.7 Å². The van der Waals surface area contributed by atoms with Crippen LogP contribution in [0.1, 0.15) is 49.4 Å². The van der Waals surface area contributed by atoms with Gasteiger partial charge in [-0.2, -0.15) is 0 Å². The van der Waals surface area contributed by atoms with E-state index in [1.165, 1.54) is 16.7 Å². The predicted molar refractivity (Wildman–Crippen MR) is 65.8 cm³/mol. The molecule has 0 aromatic heterocycles. The average molecular weight is 206 g/mol. The Hall–Kier alpha value is -0.860. The fraction of sp³-hybridized carbons (Fsp3) is 0.538. The maximum Gasteiger partial charge on any atom is 0.0448 e. The minimum atomic E-state index is -0.0660. The zero-order valence-corrected chi connectivity index (χ0v) is 10.1. The van der Waals surface area contributed by atoms with Crippen molar-refractivity contribution in [3.8, 4) is 0 Å². The average Bonchev–Trinajstić information content (AvgIpc) is 2.16. The molecule has 0 bridgehead atoms. The van der Waals surface area contributed by atoms with Gasteiger partial charge in [-0.25, -0.2) is 0 Å². The third-order valence-corrected chi connectivity index (χ3v) is 2.90. The lowest BCUT2D eigenvalue weighted by Crippen LogP contribution is -2.31. The molecule has 1 rings (SSSR count). The number of aryl methyl sites for hydroxylation is 1. The largest absolute Gasteiger partial charge is 0.326 e. The Kier molecular flexibility index (Phi) is 3.89. The van der Waals surface area contributed by atoms with E-state index in [1.807, 2.05) is 6.92 Å². The van der Waals surface area contributed by atoms with E-state index in [0.717, 1.165) is 0 Å². The SMILES string of the molecule is Cc1ccc(C(C)C)cc1C(N)C(C)N. The van der Waals surface area contributed by atoms with Crippen molar-refractivity contribution in [2.24, 2.45) is 11.5 Å². The third kappa shape index (κ3) is 2.80. The zero-order valence-electron chi connectivity index (χ0n) is 10.1. The first-order valence-electron chi connectivity index (χ1n) is 5.55. The van der Waals surface area contributed by atoms with E-state index in [0.29, 0.717) is 5.92 Å². The fourth-order valence-corrected chi connectivity index (χ4v) is 1.66. The van der Waals surface area contributed by atoms with Crippen molar-refractivity contribution in [2.45, 2.75) is 45.7 Å². The van der Waals surface area contributed by atoms with Gasteiger partial charge in [-0.05, 0) is 36.5 Å². The van der Waals surface area contributed by atoms with Crippen LogP contribution in [-0.4, -0.2) is 6.04 Å². The van der Waals surface area contributed by atoms with Crippen LogP contribution in [0.25, 0.3) is 0 Å². The molecular weight excluding hydrogens is 184 g/mol. The summed E-state index contributed by atoms with van der Waals surface area (Å²) in [4.78, 5) is 0. The molecule has 0 amide bonds. The van der Waals surface area contributed by atoms with Gasteiger partial charge in [0.15, 0.2) is 0 Å². The second kappa shape index (κ2) is 4.77. The lowest BCUT2D eigenvalue weighted by molar-refractivity contribution is 0.585. The first-order valence-corrected chi connectivity index (χ1v) is 5.55. The van der Waals surface area contributed by atoms with Crippen LogP contribution in [-0.2, 0) is 0 Å². The topological polar surface area (TPSA) is 52.0 Å². The summed E-state index contributed by atoms with van der Waals surface area (Å²) in [5.41, 5.74) is 15.6. The van der Waals surface area contributed by atoms with Gasteiger partial charge >= 0.3 is 0 Å². The van der Waals surface area contributed by atoms with E-state index in [2.05, 4.69) is 39.0 Å². The third-order valence-electron chi connectivity index (χ3n) is 2.90. The number of nitrogens with two attached hydrogens (primary N) is 2. The summed E-state index contributed by atoms with van der Waals surface area (Å²) in [6.07, 6.45) is 0. The molecule has 2 heteroatoms. The summed E-state index contributed by atoms with van der Waals surface area (Å²) in [6.45, 7) is 8.41. The molecule has 1 aromatic carbocycles. The molecule has 2 unspecified atom stereocenters. The van der Waals surface area contributed by atoms with Crippen molar-refractivity contribution in [1.29, 1.82) is 0 Å². The van der Waals surface area contributed by atoms with Crippen molar-refractivity contribution >= 4 is 0 Å². The molecule has 0 aliphatic rings. The van der Waals surface area contributed by atoms with Crippen molar-refractivity contribution < 1.29 is 0 Å². The van der Waals surface area contributed by atoms with Gasteiger partial charge in [-0.3, -0.25) is 0 Å². The predicted octanol–water partition coefficient (Wildman–Crippen LogP) is 2.47. The smallest absolute Gasteiger partial charge is 0.0448 e. The monoisotopic (exact) mass is 206 g/mol. The van der Waals surface area contributed by atoms with Gasteiger partial charge in [0.1, 0.15) is 0 Å². The molecule has 2 nitrogen and oxygen atoms in total. The molecule has 0 fully saturated rings. The van der Waals surface area contributed by atoms with Crippen LogP contribution in [0.4, 0.5) is 0 Å². The molecule has 84 valence electrons. The van der Waals surface area contributed by atoms with E-state index in [9.17, 15) is 0 Å². The van der Waals surface area contributed by atoms with Crippen LogP contribution in [0.5, 0.6) is 0 Å². The highest BCUT2D eigenvalue weighted by molar-refractivity contribution is 5.35. The van der Waals surface area contributed by atoms with E-state index in [1.54, 1.807) is 0 Å². The number of hydrogen-bond donors (Lipinski definition) is 2. The lowest BCUT2D eigenvalue weighted by atomic mass is 9.92. The molecule has 1 aromatic rings. The zero-order chi connectivity index (χ0) is 11.6. The van der Waals surface area contributed by atoms with E-state index in [4.69, 9.17) is 11.5 Å². The molecular formula is C13H22N2. The molecule has 15 heavy (non-hydrogen) atoms. The van der Waals surface area contributed by atoms with Crippen LogP contribution < -0.4 is 11.5 Å². The first-order chi connectivity index (χ1) is 6.93. The van der Waals surface area contributed by atoms with Gasteiger partial charge in [-0.15, -0.1) is 0 Å². The summed E-state index contributed by atoms with van der Waals surface area (Å²) < 4.78 is 0. The Morgan fingerprint density at radius 3 is 2.13 bits per heavy atom. The number of benzene rings is 1. The molecule has 4 N–H and O–H groups in total. The van der Waals surface area contributed by atoms with Gasteiger partial charge < -0.3 is 11.5 Å². The van der Waals surface area contributed by atoms with Gasteiger partial charge in [-0.1, -0.05) is 32.0 Å². The summed E-state index contributed by atoms with van der Waals surface area (Å²) in [5.74, 6) is 0.532. The summed E-state index contributed by atoms with van der Waals surface area (Å²) in [5, 5.41) is 0. The maximum atomic E-state index is 6.08. The van der Waals surface area contributed by atoms with Gasteiger partial charge in [0.2, 0.25) is 0 Å². The molecule has 0 saturated heterocycles. The standard InChI is InChI=1S/C13H22N2/c1-8(2)11-6-5-9(3)12(7-11)13(15)10(4)14/h5-8,10,13H,14-15H2,1-4H3. The number of rotatable bonds is 3. The van der Waals surface area contributed by atoms with Crippen molar-refractivity contribution in [1.82, 2.24) is 0 Å². The van der Waals surface area contributed by atoms with Gasteiger partial charge in [0.25, 0.3) is 0 Å². The molecule has 0 heterocycles. The van der Waals surface area contributed by atoms with Crippen molar-refractivity contribution in [2.75, 3.05) is 0 Å². The molecule has 0 saturated carbocycles. The number of hydrogen-bond acceptors (Lipinski definition) is 2. The van der Waals surface area contributed by atoms with Crippen LogP contribution in [0, 0.1) is 6.92 Å². The highest BCUT2D eigenvalue weighted by Crippen LogP contribution is 2.23. The van der Waals surface area contributed by atoms with E-state index in [-0.39, 0.29) is 12.1 Å². The van der Waals surface area contributed by atoms with Crippen LogP contribution in [0.3, 0.4) is 0 Å². The Bertz CT molecular complexity index is 329. The molecule has 2 atom stereocenters. The Morgan fingerprint density at radius 2 is 1.67 bits per heavy atom. The summed E-state index contributed by atoms with van der Waals surface area (Å²) in [6, 6.07) is 6.41. The first kappa shape index (κ1) is 12.2. The second-order valence-corrected chi connectivity index (χ2v) is 4.66. The summed E-state index contributed by atoms with van der Waals surface area (Å²) in [7, 11) is 0. The Balaban J connectivity index is 3.10. The lowest BCUT2D eigenvalue weighted by Gasteiger charge is -2.20. The highest BCUT2D eigenvalue weighted by Gasteiger charge is 2.14. The normalized spacial score (nSPS) is 15.4. The summed E-state index contributed by atoms with van der Waals surface area (Å²) >= 11 is 0. The molecule has 0 spiro atoms. The molecule has 0 radical (unpaired) electrons.